The molecule has 1 fully saturated rings. The van der Waals surface area contributed by atoms with E-state index in [0.29, 0.717) is 6.61 Å². The van der Waals surface area contributed by atoms with E-state index in [4.69, 9.17) is 9.47 Å². The van der Waals surface area contributed by atoms with Gasteiger partial charge in [0.15, 0.2) is 0 Å². The molecule has 1 heterocycles. The average molecular weight is 259 g/mol. The first-order valence-electron chi connectivity index (χ1n) is 6.47. The predicted molar refractivity (Wildman–Crippen MR) is 76.7 cm³/mol. The van der Waals surface area contributed by atoms with E-state index in [9.17, 15) is 0 Å². The Hall–Kier alpha value is -1.38. The van der Waals surface area contributed by atoms with Gasteiger partial charge in [-0.05, 0) is 19.4 Å². The third kappa shape index (κ3) is 3.14. The van der Waals surface area contributed by atoms with Gasteiger partial charge in [0.25, 0.3) is 0 Å². The summed E-state index contributed by atoms with van der Waals surface area (Å²) in [6.45, 7) is 8.44. The van der Waals surface area contributed by atoms with Crippen molar-refractivity contribution >= 4 is 5.57 Å². The van der Waals surface area contributed by atoms with E-state index in [1.165, 1.54) is 0 Å². The Bertz CT molecular complexity index is 475. The summed E-state index contributed by atoms with van der Waals surface area (Å²) in [5, 5.41) is 3.43. The molecule has 1 aliphatic rings. The molecule has 0 aromatic heterocycles. The molecule has 3 heteroatoms. The lowest BCUT2D eigenvalue weighted by Crippen LogP contribution is -2.45. The Morgan fingerprint density at radius 2 is 2.16 bits per heavy atom. The molecule has 2 rings (SSSR count). The van der Waals surface area contributed by atoms with Crippen molar-refractivity contribution in [1.82, 2.24) is 5.32 Å². The number of rotatable bonds is 4. The van der Waals surface area contributed by atoms with Crippen LogP contribution < -0.4 is 5.32 Å². The fraction of sp³-hybridized carbons (Fsp3) is 0.438. The molecular formula is C16H21NO2. The van der Waals surface area contributed by atoms with E-state index in [2.05, 4.69) is 17.6 Å². The maximum Gasteiger partial charge on any atom is 0.114 e. The second-order valence-electron chi connectivity index (χ2n) is 5.18. The van der Waals surface area contributed by atoms with E-state index in [1.807, 2.05) is 44.2 Å². The average Bonchev–Trinajstić information content (AvgIpc) is 2.77. The molecule has 0 spiro atoms. The zero-order valence-corrected chi connectivity index (χ0v) is 11.8. The number of ether oxygens (including phenoxy) is 2. The van der Waals surface area contributed by atoms with Crippen molar-refractivity contribution in [1.29, 1.82) is 0 Å². The lowest BCUT2D eigenvalue weighted by atomic mass is 9.96. The van der Waals surface area contributed by atoms with Gasteiger partial charge in [-0.15, -0.1) is 5.73 Å². The van der Waals surface area contributed by atoms with Gasteiger partial charge in [0, 0.05) is 12.7 Å². The molecule has 1 N–H and O–H groups in total. The fourth-order valence-corrected chi connectivity index (χ4v) is 2.46. The van der Waals surface area contributed by atoms with Gasteiger partial charge >= 0.3 is 0 Å². The smallest absolute Gasteiger partial charge is 0.114 e. The minimum atomic E-state index is -0.315. The van der Waals surface area contributed by atoms with E-state index >= 15 is 0 Å². The molecule has 0 aliphatic carbocycles. The van der Waals surface area contributed by atoms with Crippen LogP contribution in [0.2, 0.25) is 0 Å². The number of methoxy groups -OCH3 is 1. The number of benzene rings is 1. The molecular weight excluding hydrogens is 238 g/mol. The van der Waals surface area contributed by atoms with Crippen molar-refractivity contribution < 1.29 is 9.47 Å². The molecule has 0 bridgehead atoms. The predicted octanol–water partition coefficient (Wildman–Crippen LogP) is 2.59. The van der Waals surface area contributed by atoms with Crippen LogP contribution in [0, 0.1) is 0 Å². The molecule has 0 saturated carbocycles. The van der Waals surface area contributed by atoms with Gasteiger partial charge in [0.1, 0.15) is 11.8 Å². The molecule has 1 aliphatic heterocycles. The van der Waals surface area contributed by atoms with Crippen molar-refractivity contribution in [2.24, 2.45) is 0 Å². The highest BCUT2D eigenvalue weighted by Crippen LogP contribution is 2.26. The highest BCUT2D eigenvalue weighted by Gasteiger charge is 2.37. The van der Waals surface area contributed by atoms with Crippen LogP contribution in [0.15, 0.2) is 42.6 Å². The molecule has 19 heavy (non-hydrogen) atoms. The van der Waals surface area contributed by atoms with Crippen molar-refractivity contribution in [2.45, 2.75) is 31.7 Å². The largest absolute Gasteiger partial charge is 0.374 e. The molecule has 3 nitrogen and oxygen atoms in total. The normalized spacial score (nSPS) is 22.8. The van der Waals surface area contributed by atoms with E-state index in [-0.39, 0.29) is 17.9 Å². The van der Waals surface area contributed by atoms with Gasteiger partial charge in [-0.2, -0.15) is 0 Å². The molecule has 1 aromatic carbocycles. The van der Waals surface area contributed by atoms with E-state index in [0.717, 1.165) is 11.1 Å². The Labute approximate surface area is 114 Å². The molecule has 1 unspecified atom stereocenters. The molecule has 2 atom stereocenters. The summed E-state index contributed by atoms with van der Waals surface area (Å²) in [4.78, 5) is 0. The second kappa shape index (κ2) is 5.72. The molecule has 0 radical (unpaired) electrons. The second-order valence-corrected chi connectivity index (χ2v) is 5.18. The number of hydrogen-bond acceptors (Lipinski definition) is 3. The van der Waals surface area contributed by atoms with Crippen molar-refractivity contribution in [3.8, 4) is 0 Å². The highest BCUT2D eigenvalue weighted by molar-refractivity contribution is 5.68. The lowest BCUT2D eigenvalue weighted by molar-refractivity contribution is 0.0226. The van der Waals surface area contributed by atoms with Crippen LogP contribution in [0.5, 0.6) is 0 Å². The molecule has 102 valence electrons. The van der Waals surface area contributed by atoms with Crippen LogP contribution in [0.1, 0.15) is 19.4 Å². The van der Waals surface area contributed by atoms with Crippen molar-refractivity contribution in [3.05, 3.63) is 48.2 Å². The SMILES string of the molecule is C=C=C(c1ccccc1)[C@@H](OC)C1COC(C)(C)N1. The molecule has 1 saturated heterocycles. The monoisotopic (exact) mass is 259 g/mol. The molecule has 0 amide bonds. The summed E-state index contributed by atoms with van der Waals surface area (Å²) < 4.78 is 11.4. The zero-order chi connectivity index (χ0) is 13.9. The van der Waals surface area contributed by atoms with Crippen LogP contribution in [0.4, 0.5) is 0 Å². The van der Waals surface area contributed by atoms with Crippen molar-refractivity contribution in [3.63, 3.8) is 0 Å². The standard InChI is InChI=1S/C16H21NO2/c1-5-13(12-9-7-6-8-10-12)15(18-4)14-11-19-16(2,3)17-14/h6-10,14-15,17H,1,11H2,2-4H3/t14?,15-/m1/s1. The van der Waals surface area contributed by atoms with Gasteiger partial charge in [0.2, 0.25) is 0 Å². The highest BCUT2D eigenvalue weighted by atomic mass is 16.5. The Balaban J connectivity index is 2.24. The number of nitrogens with one attached hydrogen (secondary N) is 1. The summed E-state index contributed by atoms with van der Waals surface area (Å²) in [5.41, 5.74) is 4.74. The lowest BCUT2D eigenvalue weighted by Gasteiger charge is -2.25. The van der Waals surface area contributed by atoms with Crippen molar-refractivity contribution in [2.75, 3.05) is 13.7 Å². The van der Waals surface area contributed by atoms with Crippen LogP contribution in [-0.4, -0.2) is 31.6 Å². The van der Waals surface area contributed by atoms with Crippen LogP contribution in [-0.2, 0) is 9.47 Å². The Morgan fingerprint density at radius 3 is 2.63 bits per heavy atom. The van der Waals surface area contributed by atoms with Gasteiger partial charge in [0.05, 0.1) is 12.6 Å². The third-order valence-electron chi connectivity index (χ3n) is 3.34. The van der Waals surface area contributed by atoms with Gasteiger partial charge in [-0.25, -0.2) is 0 Å². The summed E-state index contributed by atoms with van der Waals surface area (Å²) in [5.74, 6) is 0. The maximum absolute atomic E-state index is 5.71. The van der Waals surface area contributed by atoms with Crippen LogP contribution in [0.25, 0.3) is 5.57 Å². The third-order valence-corrected chi connectivity index (χ3v) is 3.34. The first-order valence-corrected chi connectivity index (χ1v) is 6.47. The number of hydrogen-bond donors (Lipinski definition) is 1. The molecule has 1 aromatic rings. The van der Waals surface area contributed by atoms with Gasteiger partial charge in [-0.3, -0.25) is 5.32 Å². The van der Waals surface area contributed by atoms with Gasteiger partial charge < -0.3 is 9.47 Å². The summed E-state index contributed by atoms with van der Waals surface area (Å²) in [7, 11) is 1.71. The minimum Gasteiger partial charge on any atom is -0.374 e. The first kappa shape index (κ1) is 14.0. The fourth-order valence-electron chi connectivity index (χ4n) is 2.46. The quantitative estimate of drug-likeness (QED) is 0.843. The summed E-state index contributed by atoms with van der Waals surface area (Å²) >= 11 is 0. The first-order chi connectivity index (χ1) is 9.07. The van der Waals surface area contributed by atoms with E-state index < -0.39 is 0 Å². The Morgan fingerprint density at radius 1 is 1.47 bits per heavy atom. The van der Waals surface area contributed by atoms with Crippen LogP contribution in [0.3, 0.4) is 0 Å². The zero-order valence-electron chi connectivity index (χ0n) is 11.8. The summed E-state index contributed by atoms with van der Waals surface area (Å²) in [6.07, 6.45) is -0.123. The minimum absolute atomic E-state index is 0.101. The van der Waals surface area contributed by atoms with Crippen LogP contribution >= 0.6 is 0 Å². The maximum atomic E-state index is 5.71. The van der Waals surface area contributed by atoms with E-state index in [1.54, 1.807) is 7.11 Å². The Kier molecular flexibility index (Phi) is 4.23. The van der Waals surface area contributed by atoms with Gasteiger partial charge in [-0.1, -0.05) is 36.9 Å². The summed E-state index contributed by atoms with van der Waals surface area (Å²) in [6, 6.07) is 10.2. The topological polar surface area (TPSA) is 30.5 Å².